The number of aromatic nitrogens is 2. The first-order chi connectivity index (χ1) is 9.20. The van der Waals surface area contributed by atoms with Gasteiger partial charge in [-0.15, -0.1) is 10.2 Å². The first-order valence-electron chi connectivity index (χ1n) is 6.01. The van der Waals surface area contributed by atoms with Crippen molar-refractivity contribution in [3.8, 4) is 11.7 Å². The highest BCUT2D eigenvalue weighted by Gasteiger charge is 2.29. The standard InChI is InChI=1S/C12H13N3O4/c16-11(17)4-8-5-15(6-8)7-10-13-14-12(19-10)9-2-1-3-18-9/h1-3,8H,4-7H2,(H,16,17). The van der Waals surface area contributed by atoms with Crippen LogP contribution in [0.1, 0.15) is 12.3 Å². The van der Waals surface area contributed by atoms with Crippen LogP contribution in [0.4, 0.5) is 0 Å². The van der Waals surface area contributed by atoms with Crippen molar-refractivity contribution in [1.82, 2.24) is 15.1 Å². The summed E-state index contributed by atoms with van der Waals surface area (Å²) in [5.74, 6) is 0.904. The lowest BCUT2D eigenvalue weighted by atomic mass is 9.97. The molecule has 19 heavy (non-hydrogen) atoms. The van der Waals surface area contributed by atoms with E-state index < -0.39 is 5.97 Å². The molecule has 0 radical (unpaired) electrons. The van der Waals surface area contributed by atoms with Gasteiger partial charge in [0.15, 0.2) is 5.76 Å². The van der Waals surface area contributed by atoms with E-state index in [1.54, 1.807) is 18.4 Å². The monoisotopic (exact) mass is 263 g/mol. The van der Waals surface area contributed by atoms with Crippen LogP contribution in [0.25, 0.3) is 11.7 Å². The number of hydrogen-bond donors (Lipinski definition) is 1. The number of carboxylic acid groups (broad SMARTS) is 1. The van der Waals surface area contributed by atoms with Crippen LogP contribution in [-0.4, -0.2) is 39.3 Å². The molecule has 0 amide bonds. The molecule has 0 saturated carbocycles. The maximum atomic E-state index is 10.5. The van der Waals surface area contributed by atoms with E-state index in [0.717, 1.165) is 13.1 Å². The van der Waals surface area contributed by atoms with Crippen LogP contribution in [0.2, 0.25) is 0 Å². The molecule has 1 aliphatic heterocycles. The number of rotatable bonds is 5. The third kappa shape index (κ3) is 2.65. The SMILES string of the molecule is O=C(O)CC1CN(Cc2nnc(-c3ccco3)o2)C1. The number of hydrogen-bond acceptors (Lipinski definition) is 6. The zero-order valence-corrected chi connectivity index (χ0v) is 10.2. The van der Waals surface area contributed by atoms with E-state index in [4.69, 9.17) is 13.9 Å². The molecule has 1 N–H and O–H groups in total. The quantitative estimate of drug-likeness (QED) is 0.867. The van der Waals surface area contributed by atoms with Gasteiger partial charge in [-0.05, 0) is 18.1 Å². The van der Waals surface area contributed by atoms with Gasteiger partial charge in [-0.2, -0.15) is 0 Å². The van der Waals surface area contributed by atoms with Crippen LogP contribution < -0.4 is 0 Å². The summed E-state index contributed by atoms with van der Waals surface area (Å²) in [6.45, 7) is 2.05. The van der Waals surface area contributed by atoms with Crippen LogP contribution in [0.3, 0.4) is 0 Å². The Kier molecular flexibility index (Phi) is 3.04. The van der Waals surface area contributed by atoms with E-state index in [0.29, 0.717) is 24.1 Å². The molecule has 100 valence electrons. The summed E-state index contributed by atoms with van der Waals surface area (Å²) in [7, 11) is 0. The molecule has 7 nitrogen and oxygen atoms in total. The molecular formula is C12H13N3O4. The molecule has 3 heterocycles. The molecule has 1 aliphatic rings. The van der Waals surface area contributed by atoms with Crippen molar-refractivity contribution < 1.29 is 18.7 Å². The Balaban J connectivity index is 1.53. The van der Waals surface area contributed by atoms with Gasteiger partial charge in [-0.25, -0.2) is 0 Å². The molecule has 0 spiro atoms. The average Bonchev–Trinajstić information content (AvgIpc) is 2.95. The molecule has 0 unspecified atom stereocenters. The van der Waals surface area contributed by atoms with E-state index >= 15 is 0 Å². The highest BCUT2D eigenvalue weighted by Crippen LogP contribution is 2.23. The Hall–Kier alpha value is -2.15. The fourth-order valence-corrected chi connectivity index (χ4v) is 2.19. The van der Waals surface area contributed by atoms with Gasteiger partial charge in [0, 0.05) is 13.1 Å². The molecule has 0 atom stereocenters. The predicted molar refractivity (Wildman–Crippen MR) is 63.0 cm³/mol. The largest absolute Gasteiger partial charge is 0.481 e. The highest BCUT2D eigenvalue weighted by atomic mass is 16.4. The normalized spacial score (nSPS) is 16.4. The third-order valence-electron chi connectivity index (χ3n) is 3.05. The number of likely N-dealkylation sites (tertiary alicyclic amines) is 1. The Bertz CT molecular complexity index is 557. The fourth-order valence-electron chi connectivity index (χ4n) is 2.19. The minimum absolute atomic E-state index is 0.220. The summed E-state index contributed by atoms with van der Waals surface area (Å²) in [5.41, 5.74) is 0. The van der Waals surface area contributed by atoms with Gasteiger partial charge in [0.05, 0.1) is 19.2 Å². The number of nitrogens with zero attached hydrogens (tertiary/aromatic N) is 3. The second-order valence-electron chi connectivity index (χ2n) is 4.64. The van der Waals surface area contributed by atoms with Crippen LogP contribution in [0, 0.1) is 5.92 Å². The number of carboxylic acids is 1. The molecule has 3 rings (SSSR count). The van der Waals surface area contributed by atoms with E-state index in [-0.39, 0.29) is 12.3 Å². The van der Waals surface area contributed by atoms with E-state index in [1.165, 1.54) is 0 Å². The minimum Gasteiger partial charge on any atom is -0.481 e. The summed E-state index contributed by atoms with van der Waals surface area (Å²) >= 11 is 0. The van der Waals surface area contributed by atoms with E-state index in [2.05, 4.69) is 15.1 Å². The summed E-state index contributed by atoms with van der Waals surface area (Å²) in [5, 5.41) is 16.5. The highest BCUT2D eigenvalue weighted by molar-refractivity contribution is 5.67. The van der Waals surface area contributed by atoms with Gasteiger partial charge in [0.1, 0.15) is 0 Å². The van der Waals surface area contributed by atoms with Crippen LogP contribution >= 0.6 is 0 Å². The lowest BCUT2D eigenvalue weighted by Crippen LogP contribution is -2.46. The van der Waals surface area contributed by atoms with Crippen molar-refractivity contribution in [2.75, 3.05) is 13.1 Å². The molecule has 1 saturated heterocycles. The predicted octanol–water partition coefficient (Wildman–Crippen LogP) is 1.24. The van der Waals surface area contributed by atoms with Crippen molar-refractivity contribution in [3.63, 3.8) is 0 Å². The van der Waals surface area contributed by atoms with Crippen LogP contribution in [-0.2, 0) is 11.3 Å². The average molecular weight is 263 g/mol. The zero-order chi connectivity index (χ0) is 13.2. The van der Waals surface area contributed by atoms with Gasteiger partial charge >= 0.3 is 5.97 Å². The first kappa shape index (κ1) is 11.9. The maximum absolute atomic E-state index is 10.5. The lowest BCUT2D eigenvalue weighted by Gasteiger charge is -2.37. The summed E-state index contributed by atoms with van der Waals surface area (Å²) < 4.78 is 10.6. The van der Waals surface area contributed by atoms with Gasteiger partial charge in [-0.3, -0.25) is 9.69 Å². The van der Waals surface area contributed by atoms with E-state index in [9.17, 15) is 4.79 Å². The van der Waals surface area contributed by atoms with Gasteiger partial charge in [0.25, 0.3) is 5.89 Å². The Morgan fingerprint density at radius 3 is 3.00 bits per heavy atom. The topological polar surface area (TPSA) is 92.6 Å². The third-order valence-corrected chi connectivity index (χ3v) is 3.05. The van der Waals surface area contributed by atoms with Crippen LogP contribution in [0.5, 0.6) is 0 Å². The second kappa shape index (κ2) is 4.85. The van der Waals surface area contributed by atoms with Crippen LogP contribution in [0.15, 0.2) is 27.2 Å². The molecule has 7 heteroatoms. The molecule has 0 aliphatic carbocycles. The van der Waals surface area contributed by atoms with Gasteiger partial charge in [0.2, 0.25) is 5.89 Å². The molecule has 1 fully saturated rings. The number of aliphatic carboxylic acids is 1. The first-order valence-corrected chi connectivity index (χ1v) is 6.01. The van der Waals surface area contributed by atoms with E-state index in [1.807, 2.05) is 0 Å². The van der Waals surface area contributed by atoms with Crippen molar-refractivity contribution >= 4 is 5.97 Å². The zero-order valence-electron chi connectivity index (χ0n) is 10.2. The van der Waals surface area contributed by atoms with Crippen molar-refractivity contribution in [3.05, 3.63) is 24.3 Å². The van der Waals surface area contributed by atoms with Crippen molar-refractivity contribution in [1.29, 1.82) is 0 Å². The molecule has 2 aromatic rings. The Labute approximate surface area is 108 Å². The van der Waals surface area contributed by atoms with Crippen molar-refractivity contribution in [2.24, 2.45) is 5.92 Å². The molecule has 0 bridgehead atoms. The Morgan fingerprint density at radius 1 is 1.47 bits per heavy atom. The second-order valence-corrected chi connectivity index (χ2v) is 4.64. The molecule has 2 aromatic heterocycles. The van der Waals surface area contributed by atoms with Crippen molar-refractivity contribution in [2.45, 2.75) is 13.0 Å². The Morgan fingerprint density at radius 2 is 2.32 bits per heavy atom. The fraction of sp³-hybridized carbons (Fsp3) is 0.417. The number of carbonyl (C=O) groups is 1. The minimum atomic E-state index is -0.748. The summed E-state index contributed by atoms with van der Waals surface area (Å²) in [6.07, 6.45) is 1.77. The molecular weight excluding hydrogens is 250 g/mol. The molecule has 0 aromatic carbocycles. The van der Waals surface area contributed by atoms with Gasteiger partial charge < -0.3 is 13.9 Å². The van der Waals surface area contributed by atoms with Gasteiger partial charge in [-0.1, -0.05) is 0 Å². The summed E-state index contributed by atoms with van der Waals surface area (Å²) in [4.78, 5) is 12.6. The summed E-state index contributed by atoms with van der Waals surface area (Å²) in [6, 6.07) is 3.51. The maximum Gasteiger partial charge on any atom is 0.303 e. The lowest BCUT2D eigenvalue weighted by molar-refractivity contribution is -0.139. The smallest absolute Gasteiger partial charge is 0.303 e. The number of furan rings is 1.